The molecule has 2 aliphatic heterocycles. The van der Waals surface area contributed by atoms with Crippen LogP contribution in [0.25, 0.3) is 5.65 Å². The monoisotopic (exact) mass is 423 g/mol. The molecule has 30 heavy (non-hydrogen) atoms. The highest BCUT2D eigenvalue weighted by atomic mass is 32.1. The Labute approximate surface area is 181 Å². The summed E-state index contributed by atoms with van der Waals surface area (Å²) in [4.78, 5) is 26.9. The largest absolute Gasteiger partial charge is 0.331 e. The Bertz CT molecular complexity index is 1070. The highest BCUT2D eigenvalue weighted by molar-refractivity contribution is 7.09. The van der Waals surface area contributed by atoms with E-state index >= 15 is 0 Å². The molecule has 0 unspecified atom stereocenters. The van der Waals surface area contributed by atoms with E-state index in [-0.39, 0.29) is 5.54 Å². The summed E-state index contributed by atoms with van der Waals surface area (Å²) in [6.07, 6.45) is 6.98. The maximum atomic E-state index is 12.8. The van der Waals surface area contributed by atoms with Crippen molar-refractivity contribution in [3.05, 3.63) is 51.9 Å². The van der Waals surface area contributed by atoms with Crippen LogP contribution in [0.2, 0.25) is 0 Å². The predicted molar refractivity (Wildman–Crippen MR) is 118 cm³/mol. The highest BCUT2D eigenvalue weighted by Crippen LogP contribution is 2.40. The quantitative estimate of drug-likeness (QED) is 0.638. The van der Waals surface area contributed by atoms with Crippen molar-refractivity contribution in [3.63, 3.8) is 0 Å². The van der Waals surface area contributed by atoms with Gasteiger partial charge in [0.2, 0.25) is 5.91 Å². The van der Waals surface area contributed by atoms with Gasteiger partial charge in [0, 0.05) is 42.3 Å². The number of thiazole rings is 1. The van der Waals surface area contributed by atoms with E-state index in [0.29, 0.717) is 18.9 Å². The highest BCUT2D eigenvalue weighted by Gasteiger charge is 2.45. The molecule has 0 bridgehead atoms. The molecule has 3 aromatic rings. The molecule has 3 aromatic heterocycles. The first-order chi connectivity index (χ1) is 14.5. The molecule has 2 fully saturated rings. The van der Waals surface area contributed by atoms with Crippen molar-refractivity contribution < 1.29 is 4.79 Å². The van der Waals surface area contributed by atoms with E-state index in [1.165, 1.54) is 5.69 Å². The minimum Gasteiger partial charge on any atom is -0.331 e. The lowest BCUT2D eigenvalue weighted by molar-refractivity contribution is -0.132. The lowest BCUT2D eigenvalue weighted by atomic mass is 9.87. The summed E-state index contributed by atoms with van der Waals surface area (Å²) in [5.74, 6) is 0.297. The van der Waals surface area contributed by atoms with E-state index < -0.39 is 0 Å². The first kappa shape index (κ1) is 19.7. The number of amides is 1. The maximum absolute atomic E-state index is 12.8. The van der Waals surface area contributed by atoms with Crippen molar-refractivity contribution in [3.8, 4) is 0 Å². The van der Waals surface area contributed by atoms with Gasteiger partial charge in [-0.3, -0.25) is 9.69 Å². The normalized spacial score (nSPS) is 23.0. The van der Waals surface area contributed by atoms with E-state index in [4.69, 9.17) is 4.98 Å². The van der Waals surface area contributed by atoms with Crippen molar-refractivity contribution in [2.45, 2.75) is 64.6 Å². The Balaban J connectivity index is 1.31. The molecule has 1 atom stereocenters. The van der Waals surface area contributed by atoms with Gasteiger partial charge in [0.15, 0.2) is 0 Å². The Kier molecular flexibility index (Phi) is 5.11. The van der Waals surface area contributed by atoms with Gasteiger partial charge in [-0.2, -0.15) is 0 Å². The number of hydrogen-bond donors (Lipinski definition) is 0. The fourth-order valence-corrected chi connectivity index (χ4v) is 5.82. The van der Waals surface area contributed by atoms with Crippen molar-refractivity contribution in [1.29, 1.82) is 0 Å². The first-order valence-electron chi connectivity index (χ1n) is 10.9. The average Bonchev–Trinajstić information content (AvgIpc) is 3.33. The van der Waals surface area contributed by atoms with Crippen LogP contribution in [0.3, 0.4) is 0 Å². The molecule has 1 spiro atoms. The van der Waals surface area contributed by atoms with Crippen LogP contribution < -0.4 is 0 Å². The van der Waals surface area contributed by atoms with Gasteiger partial charge in [-0.05, 0) is 58.2 Å². The van der Waals surface area contributed by atoms with Crippen LogP contribution in [0.1, 0.15) is 54.2 Å². The van der Waals surface area contributed by atoms with Gasteiger partial charge < -0.3 is 9.30 Å². The molecular weight excluding hydrogens is 394 g/mol. The number of carbonyl (C=O) groups is 1. The molecule has 7 heteroatoms. The Morgan fingerprint density at radius 1 is 1.10 bits per heavy atom. The van der Waals surface area contributed by atoms with Crippen LogP contribution in [0, 0.1) is 13.8 Å². The molecule has 1 amide bonds. The number of hydrogen-bond acceptors (Lipinski definition) is 5. The summed E-state index contributed by atoms with van der Waals surface area (Å²) in [6.45, 7) is 7.79. The molecule has 158 valence electrons. The number of aryl methyl sites for hydroxylation is 2. The SMILES string of the molecule is Cc1nc(CN2C(=O)CC[C@]23CCCN(Cc2nc4ccccn4c2C)CC3)cs1. The molecule has 2 saturated heterocycles. The number of rotatable bonds is 4. The first-order valence-corrected chi connectivity index (χ1v) is 11.8. The molecule has 0 N–H and O–H groups in total. The average molecular weight is 424 g/mol. The van der Waals surface area contributed by atoms with E-state index in [0.717, 1.165) is 67.4 Å². The standard InChI is InChI=1S/C23H29N5OS/c1-17-20(25-21-6-3-4-12-27(17)21)15-26-11-5-8-23(10-13-26)9-7-22(29)28(23)14-19-16-30-18(2)24-19/h3-4,6,12,16H,5,7-11,13-15H2,1-2H3/t23-/m0/s1. The molecule has 0 aliphatic carbocycles. The number of likely N-dealkylation sites (tertiary alicyclic amines) is 2. The lowest BCUT2D eigenvalue weighted by Gasteiger charge is -2.38. The third kappa shape index (κ3) is 3.54. The van der Waals surface area contributed by atoms with Crippen molar-refractivity contribution in [1.82, 2.24) is 24.2 Å². The zero-order valence-electron chi connectivity index (χ0n) is 17.8. The molecule has 2 aliphatic rings. The van der Waals surface area contributed by atoms with Crippen molar-refractivity contribution in [2.24, 2.45) is 0 Å². The minimum atomic E-state index is -0.00267. The minimum absolute atomic E-state index is 0.00267. The Morgan fingerprint density at radius 2 is 2.00 bits per heavy atom. The Morgan fingerprint density at radius 3 is 2.80 bits per heavy atom. The van der Waals surface area contributed by atoms with Gasteiger partial charge in [0.05, 0.1) is 22.9 Å². The van der Waals surface area contributed by atoms with Gasteiger partial charge in [-0.15, -0.1) is 11.3 Å². The third-order valence-electron chi connectivity index (χ3n) is 6.91. The number of fused-ring (bicyclic) bond motifs is 1. The van der Waals surface area contributed by atoms with E-state index in [2.05, 4.69) is 49.8 Å². The van der Waals surface area contributed by atoms with Gasteiger partial charge in [-0.1, -0.05) is 6.07 Å². The molecular formula is C23H29N5OS. The van der Waals surface area contributed by atoms with Crippen molar-refractivity contribution >= 4 is 22.9 Å². The van der Waals surface area contributed by atoms with Crippen LogP contribution in [0.4, 0.5) is 0 Å². The molecule has 5 rings (SSSR count). The second kappa shape index (κ2) is 7.78. The lowest BCUT2D eigenvalue weighted by Crippen LogP contribution is -2.46. The van der Waals surface area contributed by atoms with Crippen LogP contribution in [-0.4, -0.2) is 48.7 Å². The van der Waals surface area contributed by atoms with Crippen LogP contribution in [0.15, 0.2) is 29.8 Å². The molecule has 0 saturated carbocycles. The van der Waals surface area contributed by atoms with Crippen LogP contribution in [-0.2, 0) is 17.9 Å². The van der Waals surface area contributed by atoms with Crippen LogP contribution in [0.5, 0.6) is 0 Å². The Hall–Kier alpha value is -2.25. The molecule has 0 aromatic carbocycles. The number of pyridine rings is 1. The number of aromatic nitrogens is 3. The maximum Gasteiger partial charge on any atom is 0.223 e. The summed E-state index contributed by atoms with van der Waals surface area (Å²) in [7, 11) is 0. The number of carbonyl (C=O) groups excluding carboxylic acids is 1. The van der Waals surface area contributed by atoms with Crippen molar-refractivity contribution in [2.75, 3.05) is 13.1 Å². The van der Waals surface area contributed by atoms with Gasteiger partial charge in [0.25, 0.3) is 0 Å². The predicted octanol–water partition coefficient (Wildman–Crippen LogP) is 3.95. The fraction of sp³-hybridized carbons (Fsp3) is 0.522. The van der Waals surface area contributed by atoms with Gasteiger partial charge >= 0.3 is 0 Å². The zero-order valence-corrected chi connectivity index (χ0v) is 18.6. The van der Waals surface area contributed by atoms with E-state index in [1.807, 2.05) is 13.0 Å². The molecule has 5 heterocycles. The summed E-state index contributed by atoms with van der Waals surface area (Å²) in [5, 5.41) is 3.17. The smallest absolute Gasteiger partial charge is 0.223 e. The second-order valence-corrected chi connectivity index (χ2v) is 9.83. The molecule has 6 nitrogen and oxygen atoms in total. The van der Waals surface area contributed by atoms with Crippen LogP contribution >= 0.6 is 11.3 Å². The van der Waals surface area contributed by atoms with Gasteiger partial charge in [-0.25, -0.2) is 9.97 Å². The topological polar surface area (TPSA) is 53.7 Å². The zero-order chi connectivity index (χ0) is 20.7. The number of nitrogens with zero attached hydrogens (tertiary/aromatic N) is 5. The van der Waals surface area contributed by atoms with E-state index in [9.17, 15) is 4.79 Å². The summed E-state index contributed by atoms with van der Waals surface area (Å²) in [5.41, 5.74) is 4.43. The summed E-state index contributed by atoms with van der Waals surface area (Å²) < 4.78 is 2.17. The second-order valence-electron chi connectivity index (χ2n) is 8.76. The summed E-state index contributed by atoms with van der Waals surface area (Å²) >= 11 is 1.67. The fourth-order valence-electron chi connectivity index (χ4n) is 5.21. The third-order valence-corrected chi connectivity index (χ3v) is 7.74. The molecule has 0 radical (unpaired) electrons. The number of imidazole rings is 1. The van der Waals surface area contributed by atoms with Gasteiger partial charge in [0.1, 0.15) is 5.65 Å². The van der Waals surface area contributed by atoms with E-state index in [1.54, 1.807) is 11.3 Å². The summed E-state index contributed by atoms with van der Waals surface area (Å²) in [6, 6.07) is 6.16.